The van der Waals surface area contributed by atoms with Crippen molar-refractivity contribution >= 4 is 23.5 Å². The molecule has 0 spiro atoms. The molecule has 1 aliphatic heterocycles. The van der Waals surface area contributed by atoms with E-state index < -0.39 is 0 Å². The van der Waals surface area contributed by atoms with E-state index in [2.05, 4.69) is 6.92 Å². The molecule has 0 aliphatic carbocycles. The zero-order valence-corrected chi connectivity index (χ0v) is 15.3. The van der Waals surface area contributed by atoms with Crippen LogP contribution >= 0.6 is 11.8 Å². The zero-order valence-electron chi connectivity index (χ0n) is 14.5. The summed E-state index contributed by atoms with van der Waals surface area (Å²) in [6.07, 6.45) is 3.35. The standard InChI is InChI=1S/C21H23NO2S/c1-16-8-5-6-13-22(16)21(24)18-11-7-12-19(14-18)25-15-20(23)17-9-3-2-4-10-17/h2-4,7,9-12,14,16H,5-6,8,13,15H2,1H3. The predicted octanol–water partition coefficient (Wildman–Crippen LogP) is 4.68. The number of thioether (sulfide) groups is 1. The molecule has 3 nitrogen and oxygen atoms in total. The highest BCUT2D eigenvalue weighted by atomic mass is 32.2. The molecule has 0 aromatic heterocycles. The maximum Gasteiger partial charge on any atom is 0.254 e. The number of nitrogens with zero attached hydrogens (tertiary/aromatic N) is 1. The van der Waals surface area contributed by atoms with E-state index in [0.29, 0.717) is 17.4 Å². The molecule has 3 rings (SSSR count). The van der Waals surface area contributed by atoms with E-state index in [0.717, 1.165) is 29.8 Å². The van der Waals surface area contributed by atoms with Crippen molar-refractivity contribution in [1.29, 1.82) is 0 Å². The lowest BCUT2D eigenvalue weighted by Crippen LogP contribution is -2.42. The third-order valence-electron chi connectivity index (χ3n) is 4.61. The third-order valence-corrected chi connectivity index (χ3v) is 5.60. The second kappa shape index (κ2) is 8.34. The average Bonchev–Trinajstić information content (AvgIpc) is 2.67. The van der Waals surface area contributed by atoms with Crippen LogP contribution in [0.4, 0.5) is 0 Å². The van der Waals surface area contributed by atoms with Gasteiger partial charge in [-0.2, -0.15) is 0 Å². The smallest absolute Gasteiger partial charge is 0.254 e. The van der Waals surface area contributed by atoms with Gasteiger partial charge in [0, 0.05) is 28.6 Å². The van der Waals surface area contributed by atoms with Crippen LogP contribution in [0.1, 0.15) is 46.9 Å². The van der Waals surface area contributed by atoms with Gasteiger partial charge in [0.1, 0.15) is 0 Å². The largest absolute Gasteiger partial charge is 0.336 e. The highest BCUT2D eigenvalue weighted by Gasteiger charge is 2.24. The van der Waals surface area contributed by atoms with Crippen molar-refractivity contribution in [1.82, 2.24) is 4.90 Å². The topological polar surface area (TPSA) is 37.4 Å². The Hall–Kier alpha value is -2.07. The van der Waals surface area contributed by atoms with Crippen LogP contribution in [0.25, 0.3) is 0 Å². The number of Topliss-reactive ketones (excluding diaryl/α,β-unsaturated/α-hetero) is 1. The lowest BCUT2D eigenvalue weighted by atomic mass is 10.0. The minimum Gasteiger partial charge on any atom is -0.336 e. The molecule has 0 bridgehead atoms. The van der Waals surface area contributed by atoms with Gasteiger partial charge < -0.3 is 4.90 Å². The lowest BCUT2D eigenvalue weighted by Gasteiger charge is -2.33. The molecular weight excluding hydrogens is 330 g/mol. The number of ketones is 1. The summed E-state index contributed by atoms with van der Waals surface area (Å²) in [5.41, 5.74) is 1.44. The van der Waals surface area contributed by atoms with E-state index in [1.807, 2.05) is 59.5 Å². The summed E-state index contributed by atoms with van der Waals surface area (Å²) in [5.74, 6) is 0.581. The zero-order chi connectivity index (χ0) is 17.6. The monoisotopic (exact) mass is 353 g/mol. The highest BCUT2D eigenvalue weighted by molar-refractivity contribution is 8.00. The van der Waals surface area contributed by atoms with Gasteiger partial charge in [-0.05, 0) is 44.4 Å². The molecule has 1 aliphatic rings. The number of amides is 1. The Morgan fingerprint density at radius 1 is 1.04 bits per heavy atom. The quantitative estimate of drug-likeness (QED) is 0.579. The molecule has 130 valence electrons. The highest BCUT2D eigenvalue weighted by Crippen LogP contribution is 2.23. The van der Waals surface area contributed by atoms with Gasteiger partial charge in [-0.15, -0.1) is 11.8 Å². The molecule has 4 heteroatoms. The summed E-state index contributed by atoms with van der Waals surface area (Å²) >= 11 is 1.48. The molecule has 1 amide bonds. The molecule has 1 fully saturated rings. The van der Waals surface area contributed by atoms with Crippen LogP contribution in [0.5, 0.6) is 0 Å². The van der Waals surface area contributed by atoms with Crippen molar-refractivity contribution in [2.45, 2.75) is 37.1 Å². The first-order chi connectivity index (χ1) is 12.1. The number of likely N-dealkylation sites (tertiary alicyclic amines) is 1. The summed E-state index contributed by atoms with van der Waals surface area (Å²) in [6, 6.07) is 17.3. The van der Waals surface area contributed by atoms with Gasteiger partial charge in [0.25, 0.3) is 5.91 Å². The van der Waals surface area contributed by atoms with Gasteiger partial charge in [-0.1, -0.05) is 36.4 Å². The van der Waals surface area contributed by atoms with E-state index in [4.69, 9.17) is 0 Å². The molecule has 1 saturated heterocycles. The molecule has 2 aromatic rings. The van der Waals surface area contributed by atoms with Gasteiger partial charge in [0.15, 0.2) is 5.78 Å². The molecule has 1 heterocycles. The number of hydrogen-bond donors (Lipinski definition) is 0. The first-order valence-electron chi connectivity index (χ1n) is 8.77. The Balaban J connectivity index is 1.65. The van der Waals surface area contributed by atoms with Crippen molar-refractivity contribution in [2.24, 2.45) is 0 Å². The fourth-order valence-electron chi connectivity index (χ4n) is 3.14. The summed E-state index contributed by atoms with van der Waals surface area (Å²) < 4.78 is 0. The van der Waals surface area contributed by atoms with E-state index in [-0.39, 0.29) is 11.7 Å². The number of piperidine rings is 1. The number of carbonyl (C=O) groups is 2. The van der Waals surface area contributed by atoms with Gasteiger partial charge >= 0.3 is 0 Å². The first kappa shape index (κ1) is 17.7. The Bertz CT molecular complexity index is 745. The van der Waals surface area contributed by atoms with Gasteiger partial charge in [0.05, 0.1) is 5.75 Å². The van der Waals surface area contributed by atoms with Crippen LogP contribution < -0.4 is 0 Å². The average molecular weight is 353 g/mol. The number of carbonyl (C=O) groups excluding carboxylic acids is 2. The van der Waals surface area contributed by atoms with Crippen LogP contribution in [0.3, 0.4) is 0 Å². The number of hydrogen-bond acceptors (Lipinski definition) is 3. The van der Waals surface area contributed by atoms with Gasteiger partial charge in [0.2, 0.25) is 0 Å². The van der Waals surface area contributed by atoms with Crippen molar-refractivity contribution in [3.8, 4) is 0 Å². The second-order valence-electron chi connectivity index (χ2n) is 6.45. The maximum atomic E-state index is 12.8. The summed E-state index contributed by atoms with van der Waals surface area (Å²) in [5, 5.41) is 0. The number of rotatable bonds is 5. The number of benzene rings is 2. The Morgan fingerprint density at radius 2 is 1.80 bits per heavy atom. The molecule has 25 heavy (non-hydrogen) atoms. The normalized spacial score (nSPS) is 17.3. The van der Waals surface area contributed by atoms with Crippen LogP contribution in [0.15, 0.2) is 59.5 Å². The van der Waals surface area contributed by atoms with E-state index in [1.165, 1.54) is 18.2 Å². The molecule has 2 aromatic carbocycles. The molecule has 0 saturated carbocycles. The Labute approximate surface area is 153 Å². The van der Waals surface area contributed by atoms with E-state index in [1.54, 1.807) is 0 Å². The fraction of sp³-hybridized carbons (Fsp3) is 0.333. The SMILES string of the molecule is CC1CCCCN1C(=O)c1cccc(SCC(=O)c2ccccc2)c1. The maximum absolute atomic E-state index is 12.8. The van der Waals surface area contributed by atoms with E-state index >= 15 is 0 Å². The third kappa shape index (κ3) is 4.51. The van der Waals surface area contributed by atoms with Crippen LogP contribution in [0.2, 0.25) is 0 Å². The lowest BCUT2D eigenvalue weighted by molar-refractivity contribution is 0.0635. The molecule has 0 N–H and O–H groups in total. The fourth-order valence-corrected chi connectivity index (χ4v) is 3.99. The summed E-state index contributed by atoms with van der Waals surface area (Å²) in [4.78, 5) is 27.9. The minimum absolute atomic E-state index is 0.101. The first-order valence-corrected chi connectivity index (χ1v) is 9.76. The van der Waals surface area contributed by atoms with Crippen molar-refractivity contribution in [2.75, 3.05) is 12.3 Å². The van der Waals surface area contributed by atoms with Crippen molar-refractivity contribution < 1.29 is 9.59 Å². The molecule has 0 radical (unpaired) electrons. The van der Waals surface area contributed by atoms with Crippen LogP contribution in [-0.4, -0.2) is 34.9 Å². The van der Waals surface area contributed by atoms with E-state index in [9.17, 15) is 9.59 Å². The molecular formula is C21H23NO2S. The molecule has 1 unspecified atom stereocenters. The van der Waals surface area contributed by atoms with Crippen molar-refractivity contribution in [3.63, 3.8) is 0 Å². The van der Waals surface area contributed by atoms with Crippen LogP contribution in [-0.2, 0) is 0 Å². The Morgan fingerprint density at radius 3 is 2.56 bits per heavy atom. The predicted molar refractivity (Wildman–Crippen MR) is 102 cm³/mol. The second-order valence-corrected chi connectivity index (χ2v) is 7.50. The summed E-state index contributed by atoms with van der Waals surface area (Å²) in [7, 11) is 0. The van der Waals surface area contributed by atoms with Crippen molar-refractivity contribution in [3.05, 3.63) is 65.7 Å². The van der Waals surface area contributed by atoms with Gasteiger partial charge in [-0.3, -0.25) is 9.59 Å². The van der Waals surface area contributed by atoms with Gasteiger partial charge in [-0.25, -0.2) is 0 Å². The summed E-state index contributed by atoms with van der Waals surface area (Å²) in [6.45, 7) is 2.96. The minimum atomic E-state index is 0.101. The molecule has 1 atom stereocenters. The Kier molecular flexibility index (Phi) is 5.92. The van der Waals surface area contributed by atoms with Crippen LogP contribution in [0, 0.1) is 0 Å².